The van der Waals surface area contributed by atoms with Gasteiger partial charge in [-0.25, -0.2) is 0 Å². The standard InChI is InChI=1S/C13H28N4O2S/c1-3-13-11-17(8-7-15(13)2)20(18,19)16-6-4-5-12(9-14)10-16/h12-13H,3-11,14H2,1-2H3. The summed E-state index contributed by atoms with van der Waals surface area (Å²) in [5.41, 5.74) is 5.71. The van der Waals surface area contributed by atoms with Gasteiger partial charge in [-0.05, 0) is 38.8 Å². The Morgan fingerprint density at radius 1 is 1.15 bits per heavy atom. The number of nitrogens with two attached hydrogens (primary N) is 1. The van der Waals surface area contributed by atoms with Crippen LogP contribution in [0.25, 0.3) is 0 Å². The molecule has 2 unspecified atom stereocenters. The van der Waals surface area contributed by atoms with Crippen molar-refractivity contribution < 1.29 is 8.42 Å². The molecule has 2 fully saturated rings. The van der Waals surface area contributed by atoms with Crippen LogP contribution in [-0.2, 0) is 10.2 Å². The number of rotatable bonds is 4. The average molecular weight is 304 g/mol. The summed E-state index contributed by atoms with van der Waals surface area (Å²) in [6, 6.07) is 0.327. The number of piperazine rings is 1. The lowest BCUT2D eigenvalue weighted by Crippen LogP contribution is -2.57. The summed E-state index contributed by atoms with van der Waals surface area (Å²) in [7, 11) is -1.24. The Labute approximate surface area is 123 Å². The number of hydrogen-bond donors (Lipinski definition) is 1. The molecule has 2 saturated heterocycles. The Kier molecular flexibility index (Phi) is 5.42. The Hall–Kier alpha value is -0.210. The zero-order valence-electron chi connectivity index (χ0n) is 12.7. The molecule has 2 N–H and O–H groups in total. The van der Waals surface area contributed by atoms with Gasteiger partial charge in [-0.3, -0.25) is 0 Å². The summed E-state index contributed by atoms with van der Waals surface area (Å²) >= 11 is 0. The largest absolute Gasteiger partial charge is 0.330 e. The lowest BCUT2D eigenvalue weighted by atomic mass is 10.0. The summed E-state index contributed by atoms with van der Waals surface area (Å²) in [5, 5.41) is 0. The van der Waals surface area contributed by atoms with Crippen molar-refractivity contribution in [2.75, 3.05) is 46.3 Å². The highest BCUT2D eigenvalue weighted by Crippen LogP contribution is 2.22. The smallest absolute Gasteiger partial charge is 0.282 e. The van der Waals surface area contributed by atoms with E-state index in [4.69, 9.17) is 5.73 Å². The first-order chi connectivity index (χ1) is 9.48. The van der Waals surface area contributed by atoms with Crippen molar-refractivity contribution in [3.8, 4) is 0 Å². The number of nitrogens with zero attached hydrogens (tertiary/aromatic N) is 3. The van der Waals surface area contributed by atoms with Gasteiger partial charge in [0.1, 0.15) is 0 Å². The molecule has 0 bridgehead atoms. The van der Waals surface area contributed by atoms with Crippen molar-refractivity contribution in [2.24, 2.45) is 11.7 Å². The Morgan fingerprint density at radius 2 is 1.85 bits per heavy atom. The van der Waals surface area contributed by atoms with Crippen LogP contribution in [0.3, 0.4) is 0 Å². The second-order valence-electron chi connectivity index (χ2n) is 6.01. The Bertz CT molecular complexity index is 415. The maximum Gasteiger partial charge on any atom is 0.282 e. The number of piperidine rings is 1. The van der Waals surface area contributed by atoms with E-state index in [-0.39, 0.29) is 0 Å². The molecule has 0 aromatic heterocycles. The van der Waals surface area contributed by atoms with Gasteiger partial charge < -0.3 is 10.6 Å². The molecular formula is C13H28N4O2S. The summed E-state index contributed by atoms with van der Waals surface area (Å²) in [5.74, 6) is 0.313. The predicted molar refractivity (Wildman–Crippen MR) is 80.6 cm³/mol. The summed E-state index contributed by atoms with van der Waals surface area (Å²) < 4.78 is 28.8. The van der Waals surface area contributed by atoms with Crippen molar-refractivity contribution in [3.63, 3.8) is 0 Å². The van der Waals surface area contributed by atoms with Crippen molar-refractivity contribution in [3.05, 3.63) is 0 Å². The topological polar surface area (TPSA) is 69.9 Å². The molecule has 0 aromatic rings. The van der Waals surface area contributed by atoms with Gasteiger partial charge in [0.05, 0.1) is 0 Å². The molecular weight excluding hydrogens is 276 g/mol. The van der Waals surface area contributed by atoms with Gasteiger partial charge in [-0.1, -0.05) is 6.92 Å². The van der Waals surface area contributed by atoms with Crippen LogP contribution in [-0.4, -0.2) is 74.3 Å². The average Bonchev–Trinajstić information content (AvgIpc) is 2.47. The third-order valence-corrected chi connectivity index (χ3v) is 6.65. The van der Waals surface area contributed by atoms with Gasteiger partial charge in [-0.15, -0.1) is 0 Å². The Morgan fingerprint density at radius 3 is 2.50 bits per heavy atom. The van der Waals surface area contributed by atoms with Gasteiger partial charge in [0.2, 0.25) is 0 Å². The fourth-order valence-corrected chi connectivity index (χ4v) is 4.92. The fourth-order valence-electron chi connectivity index (χ4n) is 3.16. The van der Waals surface area contributed by atoms with Crippen LogP contribution in [0.1, 0.15) is 26.2 Å². The quantitative estimate of drug-likeness (QED) is 0.789. The molecule has 20 heavy (non-hydrogen) atoms. The highest BCUT2D eigenvalue weighted by Gasteiger charge is 2.36. The normalized spacial score (nSPS) is 31.6. The van der Waals surface area contributed by atoms with Crippen LogP contribution >= 0.6 is 0 Å². The minimum Gasteiger partial charge on any atom is -0.330 e. The van der Waals surface area contributed by atoms with E-state index in [2.05, 4.69) is 18.9 Å². The van der Waals surface area contributed by atoms with Crippen LogP contribution < -0.4 is 5.73 Å². The van der Waals surface area contributed by atoms with Gasteiger partial charge in [0.15, 0.2) is 0 Å². The first-order valence-corrected chi connectivity index (χ1v) is 9.04. The summed E-state index contributed by atoms with van der Waals surface area (Å²) in [6.45, 7) is 5.93. The van der Waals surface area contributed by atoms with E-state index in [0.29, 0.717) is 44.7 Å². The van der Waals surface area contributed by atoms with E-state index < -0.39 is 10.2 Å². The maximum atomic E-state index is 12.8. The maximum absolute atomic E-state index is 12.8. The molecule has 6 nitrogen and oxygen atoms in total. The molecule has 0 aromatic carbocycles. The third-order valence-electron chi connectivity index (χ3n) is 4.68. The lowest BCUT2D eigenvalue weighted by Gasteiger charge is -2.41. The molecule has 2 atom stereocenters. The zero-order chi connectivity index (χ0) is 14.8. The molecule has 0 spiro atoms. The van der Waals surface area contributed by atoms with Crippen LogP contribution in [0.2, 0.25) is 0 Å². The second kappa shape index (κ2) is 6.70. The van der Waals surface area contributed by atoms with E-state index in [1.54, 1.807) is 8.61 Å². The number of likely N-dealkylation sites (N-methyl/N-ethyl adjacent to an activating group) is 1. The predicted octanol–water partition coefficient (Wildman–Crippen LogP) is -0.0721. The first kappa shape index (κ1) is 16.2. The van der Waals surface area contributed by atoms with Crippen molar-refractivity contribution in [2.45, 2.75) is 32.2 Å². The van der Waals surface area contributed by atoms with Gasteiger partial charge >= 0.3 is 0 Å². The molecule has 0 saturated carbocycles. The van der Waals surface area contributed by atoms with Gasteiger partial charge in [0.25, 0.3) is 10.2 Å². The molecule has 0 amide bonds. The van der Waals surface area contributed by atoms with Crippen LogP contribution in [0, 0.1) is 5.92 Å². The first-order valence-electron chi connectivity index (χ1n) is 7.64. The highest BCUT2D eigenvalue weighted by molar-refractivity contribution is 7.86. The SMILES string of the molecule is CCC1CN(S(=O)(=O)N2CCCC(CN)C2)CCN1C. The van der Waals surface area contributed by atoms with E-state index in [1.165, 1.54) is 0 Å². The van der Waals surface area contributed by atoms with E-state index >= 15 is 0 Å². The minimum absolute atomic E-state index is 0.313. The Balaban J connectivity index is 2.06. The second-order valence-corrected chi connectivity index (χ2v) is 7.94. The monoisotopic (exact) mass is 304 g/mol. The van der Waals surface area contributed by atoms with Crippen molar-refractivity contribution in [1.29, 1.82) is 0 Å². The minimum atomic E-state index is -3.31. The van der Waals surface area contributed by atoms with Crippen LogP contribution in [0.4, 0.5) is 0 Å². The molecule has 118 valence electrons. The molecule has 2 heterocycles. The van der Waals surface area contributed by atoms with E-state index in [0.717, 1.165) is 25.8 Å². The van der Waals surface area contributed by atoms with Crippen molar-refractivity contribution in [1.82, 2.24) is 13.5 Å². The third kappa shape index (κ3) is 3.33. The van der Waals surface area contributed by atoms with Gasteiger partial charge in [0, 0.05) is 38.8 Å². The lowest BCUT2D eigenvalue weighted by molar-refractivity contribution is 0.135. The molecule has 2 rings (SSSR count). The molecule has 0 radical (unpaired) electrons. The fraction of sp³-hybridized carbons (Fsp3) is 1.00. The summed E-state index contributed by atoms with van der Waals surface area (Å²) in [4.78, 5) is 2.25. The summed E-state index contributed by atoms with van der Waals surface area (Å²) in [6.07, 6.45) is 2.95. The van der Waals surface area contributed by atoms with E-state index in [9.17, 15) is 8.42 Å². The highest BCUT2D eigenvalue weighted by atomic mass is 32.2. The van der Waals surface area contributed by atoms with Gasteiger partial charge in [-0.2, -0.15) is 17.0 Å². The molecule has 2 aliphatic heterocycles. The molecule has 7 heteroatoms. The van der Waals surface area contributed by atoms with Crippen LogP contribution in [0.5, 0.6) is 0 Å². The molecule has 2 aliphatic rings. The number of hydrogen-bond acceptors (Lipinski definition) is 4. The molecule has 0 aliphatic carbocycles. The van der Waals surface area contributed by atoms with E-state index in [1.807, 2.05) is 0 Å². The zero-order valence-corrected chi connectivity index (χ0v) is 13.5. The van der Waals surface area contributed by atoms with Crippen molar-refractivity contribution >= 4 is 10.2 Å². The van der Waals surface area contributed by atoms with Crippen LogP contribution in [0.15, 0.2) is 0 Å².